The van der Waals surface area contributed by atoms with Crippen LogP contribution in [0.15, 0.2) is 70.2 Å². The normalized spacial score (nSPS) is 13.9. The number of ether oxygens (including phenoxy) is 1. The molecule has 0 bridgehead atoms. The van der Waals surface area contributed by atoms with Crippen LogP contribution in [-0.2, 0) is 17.8 Å². The molecule has 3 aromatic carbocycles. The van der Waals surface area contributed by atoms with E-state index in [1.165, 1.54) is 0 Å². The highest BCUT2D eigenvalue weighted by Gasteiger charge is 2.28. The SMILES string of the molecule is CCn1c2ccccc2c2cc(NC(=O)c3oc4c(c3C)/C(=N/NC(=O)COc3ccc(Cl)cc3Cl)CCC4)ccc21. The second kappa shape index (κ2) is 11.5. The molecule has 0 saturated carbocycles. The van der Waals surface area contributed by atoms with Crippen molar-refractivity contribution in [3.8, 4) is 5.75 Å². The molecule has 8 nitrogen and oxygen atoms in total. The number of nitrogens with one attached hydrogen (secondary N) is 2. The fourth-order valence-electron chi connectivity index (χ4n) is 5.55. The second-order valence-corrected chi connectivity index (χ2v) is 11.0. The summed E-state index contributed by atoms with van der Waals surface area (Å²) < 4.78 is 13.8. The molecule has 0 atom stereocenters. The molecule has 10 heteroatoms. The van der Waals surface area contributed by atoms with Crippen molar-refractivity contribution in [3.63, 3.8) is 0 Å². The van der Waals surface area contributed by atoms with Crippen molar-refractivity contribution in [3.05, 3.63) is 93.4 Å². The minimum Gasteiger partial charge on any atom is -0.482 e. The predicted octanol–water partition coefficient (Wildman–Crippen LogP) is 7.51. The maximum Gasteiger partial charge on any atom is 0.291 e. The van der Waals surface area contributed by atoms with E-state index in [4.69, 9.17) is 32.4 Å². The lowest BCUT2D eigenvalue weighted by molar-refractivity contribution is -0.123. The minimum absolute atomic E-state index is 0.234. The third-order valence-corrected chi connectivity index (χ3v) is 7.98. The number of halogens is 2. The molecule has 1 aliphatic carbocycles. The van der Waals surface area contributed by atoms with Gasteiger partial charge in [0.05, 0.1) is 10.7 Å². The number of fused-ring (bicyclic) bond motifs is 4. The van der Waals surface area contributed by atoms with Crippen LogP contribution in [0.1, 0.15) is 47.2 Å². The number of benzene rings is 3. The van der Waals surface area contributed by atoms with Crippen molar-refractivity contribution in [2.45, 2.75) is 39.7 Å². The fourth-order valence-corrected chi connectivity index (χ4v) is 6.02. The number of amides is 2. The number of para-hydroxylation sites is 1. The Morgan fingerprint density at radius 1 is 1.02 bits per heavy atom. The number of furan rings is 1. The Kier molecular flexibility index (Phi) is 7.66. The molecule has 2 amide bonds. The molecule has 0 fully saturated rings. The van der Waals surface area contributed by atoms with E-state index in [1.54, 1.807) is 18.2 Å². The number of carbonyl (C=O) groups excluding carboxylic acids is 2. The first-order chi connectivity index (χ1) is 20.3. The summed E-state index contributed by atoms with van der Waals surface area (Å²) in [6.07, 6.45) is 2.10. The number of anilines is 1. The van der Waals surface area contributed by atoms with E-state index < -0.39 is 5.91 Å². The number of hydrogen-bond donors (Lipinski definition) is 2. The summed E-state index contributed by atoms with van der Waals surface area (Å²) in [4.78, 5) is 25.8. The number of aromatic nitrogens is 1. The Labute approximate surface area is 252 Å². The monoisotopic (exact) mass is 602 g/mol. The molecule has 0 saturated heterocycles. The maximum absolute atomic E-state index is 13.4. The fraction of sp³-hybridized carbons (Fsp3) is 0.219. The van der Waals surface area contributed by atoms with Gasteiger partial charge >= 0.3 is 0 Å². The number of hydrazone groups is 1. The Hall–Kier alpha value is -4.27. The summed E-state index contributed by atoms with van der Waals surface area (Å²) in [5.41, 5.74) is 7.61. The van der Waals surface area contributed by atoms with E-state index in [9.17, 15) is 9.59 Å². The van der Waals surface area contributed by atoms with Crippen molar-refractivity contribution in [1.82, 2.24) is 9.99 Å². The number of hydrogen-bond acceptors (Lipinski definition) is 5. The van der Waals surface area contributed by atoms with Crippen molar-refractivity contribution in [2.24, 2.45) is 5.10 Å². The van der Waals surface area contributed by atoms with Crippen molar-refractivity contribution in [2.75, 3.05) is 11.9 Å². The quantitative estimate of drug-likeness (QED) is 0.188. The zero-order valence-corrected chi connectivity index (χ0v) is 24.6. The van der Waals surface area contributed by atoms with Gasteiger partial charge < -0.3 is 19.0 Å². The highest BCUT2D eigenvalue weighted by molar-refractivity contribution is 6.35. The Morgan fingerprint density at radius 2 is 1.83 bits per heavy atom. The summed E-state index contributed by atoms with van der Waals surface area (Å²) in [5, 5.41) is 10.4. The second-order valence-electron chi connectivity index (χ2n) is 10.1. The molecule has 2 aromatic heterocycles. The lowest BCUT2D eigenvalue weighted by Gasteiger charge is -2.13. The van der Waals surface area contributed by atoms with E-state index in [1.807, 2.05) is 37.3 Å². The van der Waals surface area contributed by atoms with E-state index in [0.29, 0.717) is 51.4 Å². The van der Waals surface area contributed by atoms with Gasteiger partial charge in [0.2, 0.25) is 0 Å². The van der Waals surface area contributed by atoms with Crippen LogP contribution in [0.25, 0.3) is 21.8 Å². The third kappa shape index (κ3) is 5.24. The average Bonchev–Trinajstić information content (AvgIpc) is 3.50. The topological polar surface area (TPSA) is 97.9 Å². The highest BCUT2D eigenvalue weighted by atomic mass is 35.5. The Balaban J connectivity index is 1.19. The first kappa shape index (κ1) is 27.9. The highest BCUT2D eigenvalue weighted by Crippen LogP contribution is 2.33. The van der Waals surface area contributed by atoms with Crippen LogP contribution in [0.3, 0.4) is 0 Å². The summed E-state index contributed by atoms with van der Waals surface area (Å²) in [6.45, 7) is 4.53. The zero-order valence-electron chi connectivity index (χ0n) is 23.1. The molecule has 0 aliphatic heterocycles. The van der Waals surface area contributed by atoms with Crippen LogP contribution in [-0.4, -0.2) is 28.7 Å². The first-order valence-electron chi connectivity index (χ1n) is 13.7. The van der Waals surface area contributed by atoms with Crippen LogP contribution in [0.4, 0.5) is 5.69 Å². The molecule has 214 valence electrons. The zero-order chi connectivity index (χ0) is 29.4. The molecule has 0 unspecified atom stereocenters. The van der Waals surface area contributed by atoms with Gasteiger partial charge in [-0.25, -0.2) is 5.43 Å². The molecule has 5 aromatic rings. The van der Waals surface area contributed by atoms with Gasteiger partial charge in [-0.15, -0.1) is 0 Å². The Bertz CT molecular complexity index is 1890. The van der Waals surface area contributed by atoms with Gasteiger partial charge in [-0.05, 0) is 69.2 Å². The van der Waals surface area contributed by atoms with Gasteiger partial charge in [-0.3, -0.25) is 9.59 Å². The van der Waals surface area contributed by atoms with Gasteiger partial charge in [-0.1, -0.05) is 41.4 Å². The van der Waals surface area contributed by atoms with Gasteiger partial charge in [0.15, 0.2) is 12.4 Å². The average molecular weight is 604 g/mol. The largest absolute Gasteiger partial charge is 0.482 e. The van der Waals surface area contributed by atoms with Crippen molar-refractivity contribution in [1.29, 1.82) is 0 Å². The number of carbonyl (C=O) groups is 2. The van der Waals surface area contributed by atoms with Crippen molar-refractivity contribution < 1.29 is 18.7 Å². The summed E-state index contributed by atoms with van der Waals surface area (Å²) in [7, 11) is 0. The molecule has 42 heavy (non-hydrogen) atoms. The summed E-state index contributed by atoms with van der Waals surface area (Å²) >= 11 is 12.0. The maximum atomic E-state index is 13.4. The van der Waals surface area contributed by atoms with E-state index in [-0.39, 0.29) is 18.3 Å². The molecule has 2 N–H and O–H groups in total. The lowest BCUT2D eigenvalue weighted by atomic mass is 9.93. The van der Waals surface area contributed by atoms with Gasteiger partial charge in [0.1, 0.15) is 11.5 Å². The molecule has 2 heterocycles. The van der Waals surface area contributed by atoms with E-state index in [2.05, 4.69) is 39.5 Å². The predicted molar refractivity (Wildman–Crippen MR) is 166 cm³/mol. The number of nitrogens with zero attached hydrogens (tertiary/aromatic N) is 2. The molecule has 0 spiro atoms. The Morgan fingerprint density at radius 3 is 2.64 bits per heavy atom. The number of rotatable bonds is 7. The van der Waals surface area contributed by atoms with Crippen LogP contribution < -0.4 is 15.5 Å². The van der Waals surface area contributed by atoms with Crippen LogP contribution in [0.2, 0.25) is 10.0 Å². The number of aryl methyl sites for hydroxylation is 2. The van der Waals surface area contributed by atoms with Gasteiger partial charge in [0, 0.05) is 56.6 Å². The van der Waals surface area contributed by atoms with Crippen LogP contribution in [0.5, 0.6) is 5.75 Å². The minimum atomic E-state index is -0.445. The van der Waals surface area contributed by atoms with E-state index >= 15 is 0 Å². The lowest BCUT2D eigenvalue weighted by Crippen LogP contribution is -2.27. The van der Waals surface area contributed by atoms with Gasteiger partial charge in [-0.2, -0.15) is 5.10 Å². The molecule has 6 rings (SSSR count). The standard InChI is InChI=1S/C32H28Cl2N4O4/c1-3-38-25-9-5-4-7-21(25)22-16-20(12-13-26(22)38)35-32(40)31-18(2)30-24(8-6-10-28(30)42-31)36-37-29(39)17-41-27-14-11-19(33)15-23(27)34/h4-5,7,9,11-16H,3,6,8,10,17H2,1-2H3,(H,35,40)(H,37,39)/b36-24+. The molecule has 1 aliphatic rings. The molecule has 0 radical (unpaired) electrons. The molecular weight excluding hydrogens is 575 g/mol. The van der Waals surface area contributed by atoms with Gasteiger partial charge in [0.25, 0.3) is 11.8 Å². The van der Waals surface area contributed by atoms with E-state index in [0.717, 1.165) is 40.3 Å². The van der Waals surface area contributed by atoms with Crippen LogP contribution in [0, 0.1) is 6.92 Å². The molecular formula is C32H28Cl2N4O4. The van der Waals surface area contributed by atoms with Crippen LogP contribution >= 0.6 is 23.2 Å². The first-order valence-corrected chi connectivity index (χ1v) is 14.5. The smallest absolute Gasteiger partial charge is 0.291 e. The van der Waals surface area contributed by atoms with Crippen molar-refractivity contribution >= 4 is 68.2 Å². The summed E-state index contributed by atoms with van der Waals surface area (Å²) in [6, 6.07) is 19.0. The third-order valence-electron chi connectivity index (χ3n) is 7.45. The summed E-state index contributed by atoms with van der Waals surface area (Å²) in [5.74, 6) is 0.484.